The van der Waals surface area contributed by atoms with E-state index in [4.69, 9.17) is 16.3 Å². The molecule has 2 aromatic rings. The Labute approximate surface area is 219 Å². The molecule has 0 aromatic heterocycles. The van der Waals surface area contributed by atoms with Gasteiger partial charge in [0.05, 0.1) is 19.1 Å². The van der Waals surface area contributed by atoms with Crippen LogP contribution in [-0.4, -0.2) is 57.1 Å². The largest absolute Gasteiger partial charge is 0.495 e. The first-order chi connectivity index (χ1) is 16.9. The zero-order valence-corrected chi connectivity index (χ0v) is 23.3. The number of carbonyl (C=O) groups excluding carboxylic acids is 2. The third-order valence-electron chi connectivity index (χ3n) is 5.94. The molecule has 10 heteroatoms. The van der Waals surface area contributed by atoms with Crippen molar-refractivity contribution in [2.24, 2.45) is 0 Å². The van der Waals surface area contributed by atoms with E-state index < -0.39 is 28.5 Å². The van der Waals surface area contributed by atoms with E-state index in [-0.39, 0.29) is 24.2 Å². The molecule has 1 N–H and O–H groups in total. The van der Waals surface area contributed by atoms with E-state index in [1.54, 1.807) is 42.5 Å². The van der Waals surface area contributed by atoms with Crippen molar-refractivity contribution in [3.8, 4) is 5.75 Å². The zero-order valence-electron chi connectivity index (χ0n) is 21.7. The van der Waals surface area contributed by atoms with Crippen molar-refractivity contribution in [2.75, 3.05) is 24.2 Å². The Morgan fingerprint density at radius 1 is 1.08 bits per heavy atom. The van der Waals surface area contributed by atoms with E-state index >= 15 is 0 Å². The highest BCUT2D eigenvalue weighted by molar-refractivity contribution is 7.92. The van der Waals surface area contributed by atoms with Crippen molar-refractivity contribution in [3.05, 3.63) is 58.6 Å². The topological polar surface area (TPSA) is 96.0 Å². The highest BCUT2D eigenvalue weighted by atomic mass is 35.5. The van der Waals surface area contributed by atoms with Crippen molar-refractivity contribution in [3.63, 3.8) is 0 Å². The summed E-state index contributed by atoms with van der Waals surface area (Å²) in [7, 11) is -2.42. The number of nitrogens with one attached hydrogen (secondary N) is 1. The summed E-state index contributed by atoms with van der Waals surface area (Å²) in [5.74, 6) is -0.470. The second-order valence-electron chi connectivity index (χ2n) is 8.83. The lowest BCUT2D eigenvalue weighted by atomic mass is 10.1. The van der Waals surface area contributed by atoms with Gasteiger partial charge in [-0.3, -0.25) is 13.9 Å². The number of methoxy groups -OCH3 is 1. The van der Waals surface area contributed by atoms with Gasteiger partial charge >= 0.3 is 0 Å². The van der Waals surface area contributed by atoms with Gasteiger partial charge < -0.3 is 15.0 Å². The number of hydrogen-bond donors (Lipinski definition) is 1. The lowest BCUT2D eigenvalue weighted by molar-refractivity contribution is -0.140. The number of halogens is 1. The Hall–Kier alpha value is -2.78. The monoisotopic (exact) mass is 537 g/mol. The quantitative estimate of drug-likeness (QED) is 0.439. The SMILES string of the molecule is CC[C@@H](C)NC(=O)[C@H](CC)N(Cc1ccc(Cl)cc1)C(=O)CN(c1cc(C)ccc1OC)S(C)(=O)=O. The van der Waals surface area contributed by atoms with Crippen LogP contribution >= 0.6 is 11.6 Å². The van der Waals surface area contributed by atoms with Crippen LogP contribution in [0.3, 0.4) is 0 Å². The van der Waals surface area contributed by atoms with E-state index in [0.29, 0.717) is 17.2 Å². The summed E-state index contributed by atoms with van der Waals surface area (Å²) in [4.78, 5) is 28.3. The molecule has 0 aliphatic rings. The van der Waals surface area contributed by atoms with Gasteiger partial charge in [0.1, 0.15) is 18.3 Å². The van der Waals surface area contributed by atoms with Crippen molar-refractivity contribution < 1.29 is 22.7 Å². The van der Waals surface area contributed by atoms with Crippen LogP contribution in [0.5, 0.6) is 5.75 Å². The summed E-state index contributed by atoms with van der Waals surface area (Å²) in [6.07, 6.45) is 2.13. The lowest BCUT2D eigenvalue weighted by Crippen LogP contribution is -2.53. The van der Waals surface area contributed by atoms with Gasteiger partial charge in [0, 0.05) is 17.6 Å². The maximum atomic E-state index is 13.8. The Morgan fingerprint density at radius 3 is 2.25 bits per heavy atom. The first-order valence-electron chi connectivity index (χ1n) is 11.9. The first-order valence-corrected chi connectivity index (χ1v) is 14.1. The summed E-state index contributed by atoms with van der Waals surface area (Å²) in [6, 6.07) is 11.2. The van der Waals surface area contributed by atoms with Gasteiger partial charge in [-0.25, -0.2) is 8.42 Å². The molecule has 2 amide bonds. The van der Waals surface area contributed by atoms with Crippen LogP contribution in [0, 0.1) is 6.92 Å². The van der Waals surface area contributed by atoms with Crippen LogP contribution in [0.1, 0.15) is 44.7 Å². The summed E-state index contributed by atoms with van der Waals surface area (Å²) >= 11 is 6.02. The zero-order chi connectivity index (χ0) is 27.0. The Morgan fingerprint density at radius 2 is 1.72 bits per heavy atom. The lowest BCUT2D eigenvalue weighted by Gasteiger charge is -2.33. The Balaban J connectivity index is 2.50. The first kappa shape index (κ1) is 29.5. The number of carbonyl (C=O) groups is 2. The smallest absolute Gasteiger partial charge is 0.244 e. The molecule has 2 aromatic carbocycles. The number of rotatable bonds is 12. The molecule has 0 aliphatic heterocycles. The van der Waals surface area contributed by atoms with Crippen molar-refractivity contribution in [2.45, 2.75) is 59.2 Å². The second-order valence-corrected chi connectivity index (χ2v) is 11.2. The van der Waals surface area contributed by atoms with Crippen LogP contribution in [-0.2, 0) is 26.2 Å². The van der Waals surface area contributed by atoms with Gasteiger partial charge in [-0.1, -0.05) is 43.6 Å². The minimum atomic E-state index is -3.86. The molecule has 0 spiro atoms. The molecule has 0 saturated carbocycles. The van der Waals surface area contributed by atoms with Gasteiger partial charge in [0.2, 0.25) is 21.8 Å². The predicted molar refractivity (Wildman–Crippen MR) is 144 cm³/mol. The fourth-order valence-corrected chi connectivity index (χ4v) is 4.71. The molecular formula is C26H36ClN3O5S. The van der Waals surface area contributed by atoms with Gasteiger partial charge in [0.15, 0.2) is 0 Å². The molecule has 0 radical (unpaired) electrons. The number of hydrogen-bond acceptors (Lipinski definition) is 5. The van der Waals surface area contributed by atoms with Gasteiger partial charge in [-0.2, -0.15) is 0 Å². The Bertz CT molecular complexity index is 1150. The van der Waals surface area contributed by atoms with Crippen LogP contribution in [0.25, 0.3) is 0 Å². The van der Waals surface area contributed by atoms with Gasteiger partial charge in [0.25, 0.3) is 0 Å². The van der Waals surface area contributed by atoms with Gasteiger partial charge in [-0.05, 0) is 62.1 Å². The third kappa shape index (κ3) is 7.86. The Kier molecular flexibility index (Phi) is 10.6. The summed E-state index contributed by atoms with van der Waals surface area (Å²) < 4.78 is 32.1. The average Bonchev–Trinajstić information content (AvgIpc) is 2.82. The average molecular weight is 538 g/mol. The molecule has 36 heavy (non-hydrogen) atoms. The molecule has 0 aliphatic carbocycles. The number of sulfonamides is 1. The van der Waals surface area contributed by atoms with Crippen molar-refractivity contribution in [1.29, 1.82) is 0 Å². The standard InChI is InChI=1S/C26H36ClN3O5S/c1-7-19(4)28-26(32)22(8-2)29(16-20-10-12-21(27)13-11-20)25(31)17-30(36(6,33)34)23-15-18(3)9-14-24(23)35-5/h9-15,19,22H,7-8,16-17H2,1-6H3,(H,28,32)/t19-,22+/m1/s1. The van der Waals surface area contributed by atoms with Crippen molar-refractivity contribution in [1.82, 2.24) is 10.2 Å². The molecule has 0 unspecified atom stereocenters. The third-order valence-corrected chi connectivity index (χ3v) is 7.31. The van der Waals surface area contributed by atoms with E-state index in [1.807, 2.05) is 27.7 Å². The molecule has 8 nitrogen and oxygen atoms in total. The number of amides is 2. The van der Waals surface area contributed by atoms with Crippen LogP contribution in [0.4, 0.5) is 5.69 Å². The second kappa shape index (κ2) is 13.0. The van der Waals surface area contributed by atoms with E-state index in [2.05, 4.69) is 5.32 Å². The summed E-state index contributed by atoms with van der Waals surface area (Å²) in [5.41, 5.74) is 1.84. The molecule has 2 rings (SSSR count). The fourth-order valence-electron chi connectivity index (χ4n) is 3.74. The normalized spacial score (nSPS) is 13.0. The number of aryl methyl sites for hydroxylation is 1. The molecule has 0 heterocycles. The van der Waals surface area contributed by atoms with Crippen LogP contribution in [0.2, 0.25) is 5.02 Å². The number of nitrogens with zero attached hydrogens (tertiary/aromatic N) is 2. The van der Waals surface area contributed by atoms with E-state index in [9.17, 15) is 18.0 Å². The molecule has 2 atom stereocenters. The maximum absolute atomic E-state index is 13.8. The van der Waals surface area contributed by atoms with Crippen molar-refractivity contribution >= 4 is 39.1 Å². The number of anilines is 1. The van der Waals surface area contributed by atoms with Crippen LogP contribution < -0.4 is 14.4 Å². The molecule has 0 bridgehead atoms. The molecule has 0 saturated heterocycles. The molecular weight excluding hydrogens is 502 g/mol. The van der Waals surface area contributed by atoms with E-state index in [0.717, 1.165) is 28.1 Å². The van der Waals surface area contributed by atoms with E-state index in [1.165, 1.54) is 12.0 Å². The summed E-state index contributed by atoms with van der Waals surface area (Å²) in [6.45, 7) is 7.13. The van der Waals surface area contributed by atoms with Crippen LogP contribution in [0.15, 0.2) is 42.5 Å². The van der Waals surface area contributed by atoms with Gasteiger partial charge in [-0.15, -0.1) is 0 Å². The molecule has 198 valence electrons. The number of ether oxygens (including phenoxy) is 1. The number of benzene rings is 2. The highest BCUT2D eigenvalue weighted by Crippen LogP contribution is 2.31. The predicted octanol–water partition coefficient (Wildman–Crippen LogP) is 4.15. The highest BCUT2D eigenvalue weighted by Gasteiger charge is 2.33. The fraction of sp³-hybridized carbons (Fsp3) is 0.462. The minimum absolute atomic E-state index is 0.0666. The summed E-state index contributed by atoms with van der Waals surface area (Å²) in [5, 5.41) is 3.50. The maximum Gasteiger partial charge on any atom is 0.244 e. The minimum Gasteiger partial charge on any atom is -0.495 e. The molecule has 0 fully saturated rings.